The topological polar surface area (TPSA) is 56.9 Å². The number of aliphatic hydroxyl groups is 1. The Morgan fingerprint density at radius 1 is 1.09 bits per heavy atom. The molecule has 0 fully saturated rings. The van der Waals surface area contributed by atoms with Crippen molar-refractivity contribution in [1.29, 1.82) is 5.26 Å². The molecular formula is C19H13FN2O. The van der Waals surface area contributed by atoms with E-state index in [1.54, 1.807) is 48.8 Å². The SMILES string of the molecule is N#Cc1cccc(-c2ccncc2C(O)c2ccc(F)cc2)c1. The van der Waals surface area contributed by atoms with Gasteiger partial charge in [0.05, 0.1) is 11.6 Å². The number of aromatic nitrogens is 1. The van der Waals surface area contributed by atoms with Crippen molar-refractivity contribution in [2.24, 2.45) is 0 Å². The van der Waals surface area contributed by atoms with Crippen LogP contribution in [0.4, 0.5) is 4.39 Å². The number of rotatable bonds is 3. The van der Waals surface area contributed by atoms with Crippen molar-refractivity contribution >= 4 is 0 Å². The zero-order valence-electron chi connectivity index (χ0n) is 12.1. The van der Waals surface area contributed by atoms with E-state index < -0.39 is 6.10 Å². The predicted molar refractivity (Wildman–Crippen MR) is 84.8 cm³/mol. The van der Waals surface area contributed by atoms with Gasteiger partial charge in [0, 0.05) is 18.0 Å². The van der Waals surface area contributed by atoms with Gasteiger partial charge in [-0.15, -0.1) is 0 Å². The number of aliphatic hydroxyl groups excluding tert-OH is 1. The van der Waals surface area contributed by atoms with Gasteiger partial charge >= 0.3 is 0 Å². The first kappa shape index (κ1) is 14.9. The summed E-state index contributed by atoms with van der Waals surface area (Å²) in [7, 11) is 0. The summed E-state index contributed by atoms with van der Waals surface area (Å²) < 4.78 is 13.1. The van der Waals surface area contributed by atoms with Crippen LogP contribution in [-0.4, -0.2) is 10.1 Å². The fraction of sp³-hybridized carbons (Fsp3) is 0.0526. The lowest BCUT2D eigenvalue weighted by Crippen LogP contribution is -2.03. The van der Waals surface area contributed by atoms with Crippen LogP contribution in [0.25, 0.3) is 11.1 Å². The molecule has 4 heteroatoms. The minimum atomic E-state index is -0.926. The lowest BCUT2D eigenvalue weighted by molar-refractivity contribution is 0.220. The number of nitriles is 1. The number of nitrogens with zero attached hydrogens (tertiary/aromatic N) is 2. The highest BCUT2D eigenvalue weighted by Gasteiger charge is 2.16. The number of hydrogen-bond acceptors (Lipinski definition) is 3. The van der Waals surface area contributed by atoms with E-state index in [9.17, 15) is 9.50 Å². The number of hydrogen-bond donors (Lipinski definition) is 1. The number of benzene rings is 2. The van der Waals surface area contributed by atoms with Gasteiger partial charge in [0.2, 0.25) is 0 Å². The second-order valence-electron chi connectivity index (χ2n) is 5.11. The predicted octanol–water partition coefficient (Wildman–Crippen LogP) is 3.84. The third-order valence-electron chi connectivity index (χ3n) is 3.63. The van der Waals surface area contributed by atoms with Crippen molar-refractivity contribution in [3.05, 3.63) is 89.5 Å². The molecule has 1 atom stereocenters. The van der Waals surface area contributed by atoms with Crippen LogP contribution >= 0.6 is 0 Å². The minimum absolute atomic E-state index is 0.353. The summed E-state index contributed by atoms with van der Waals surface area (Å²) in [5, 5.41) is 19.7. The highest BCUT2D eigenvalue weighted by atomic mass is 19.1. The fourth-order valence-corrected chi connectivity index (χ4v) is 2.47. The minimum Gasteiger partial charge on any atom is -0.384 e. The Bertz CT molecular complexity index is 869. The van der Waals surface area contributed by atoms with Crippen LogP contribution in [0.15, 0.2) is 67.0 Å². The Kier molecular flexibility index (Phi) is 4.13. The zero-order chi connectivity index (χ0) is 16.2. The number of halogens is 1. The second kappa shape index (κ2) is 6.39. The van der Waals surface area contributed by atoms with E-state index in [1.165, 1.54) is 12.1 Å². The fourth-order valence-electron chi connectivity index (χ4n) is 2.47. The van der Waals surface area contributed by atoms with Crippen LogP contribution in [0.1, 0.15) is 22.8 Å². The van der Waals surface area contributed by atoms with E-state index in [0.717, 1.165) is 11.1 Å². The molecule has 1 N–H and O–H groups in total. The standard InChI is InChI=1S/C19H13FN2O/c20-16-6-4-14(5-7-16)19(23)18-12-22-9-8-17(18)15-3-1-2-13(10-15)11-21/h1-10,12,19,23H. The van der Waals surface area contributed by atoms with Crippen molar-refractivity contribution in [1.82, 2.24) is 4.98 Å². The third-order valence-corrected chi connectivity index (χ3v) is 3.63. The second-order valence-corrected chi connectivity index (χ2v) is 5.11. The molecule has 3 aromatic rings. The quantitative estimate of drug-likeness (QED) is 0.800. The summed E-state index contributed by atoms with van der Waals surface area (Å²) in [4.78, 5) is 4.08. The van der Waals surface area contributed by atoms with Crippen LogP contribution in [-0.2, 0) is 0 Å². The average molecular weight is 304 g/mol. The molecule has 1 heterocycles. The molecule has 0 saturated carbocycles. The highest BCUT2D eigenvalue weighted by molar-refractivity contribution is 5.69. The summed E-state index contributed by atoms with van der Waals surface area (Å²) in [5.41, 5.74) is 3.34. The molecule has 1 aromatic heterocycles. The van der Waals surface area contributed by atoms with Crippen molar-refractivity contribution in [3.8, 4) is 17.2 Å². The van der Waals surface area contributed by atoms with Crippen molar-refractivity contribution in [3.63, 3.8) is 0 Å². The monoisotopic (exact) mass is 304 g/mol. The van der Waals surface area contributed by atoms with Crippen LogP contribution in [0.2, 0.25) is 0 Å². The lowest BCUT2D eigenvalue weighted by atomic mass is 9.94. The molecule has 2 aromatic carbocycles. The molecule has 0 amide bonds. The molecular weight excluding hydrogens is 291 g/mol. The Labute approximate surface area is 133 Å². The third kappa shape index (κ3) is 3.10. The molecule has 0 saturated heterocycles. The Morgan fingerprint density at radius 3 is 2.61 bits per heavy atom. The summed E-state index contributed by atoms with van der Waals surface area (Å²) in [6, 6.07) is 16.8. The summed E-state index contributed by atoms with van der Waals surface area (Å²) >= 11 is 0. The van der Waals surface area contributed by atoms with Crippen LogP contribution in [0.5, 0.6) is 0 Å². The van der Waals surface area contributed by atoms with Gasteiger partial charge in [0.25, 0.3) is 0 Å². The van der Waals surface area contributed by atoms with Gasteiger partial charge in [-0.3, -0.25) is 4.98 Å². The molecule has 0 aliphatic carbocycles. The van der Waals surface area contributed by atoms with E-state index in [4.69, 9.17) is 5.26 Å². The molecule has 23 heavy (non-hydrogen) atoms. The van der Waals surface area contributed by atoms with Gasteiger partial charge in [-0.1, -0.05) is 24.3 Å². The average Bonchev–Trinajstić information content (AvgIpc) is 2.62. The van der Waals surface area contributed by atoms with Crippen molar-refractivity contribution in [2.45, 2.75) is 6.10 Å². The smallest absolute Gasteiger partial charge is 0.123 e. The van der Waals surface area contributed by atoms with Crippen molar-refractivity contribution in [2.75, 3.05) is 0 Å². The van der Waals surface area contributed by atoms with E-state index in [1.807, 2.05) is 6.07 Å². The van der Waals surface area contributed by atoms with Crippen molar-refractivity contribution < 1.29 is 9.50 Å². The maximum absolute atomic E-state index is 13.1. The molecule has 112 valence electrons. The summed E-state index contributed by atoms with van der Waals surface area (Å²) in [6.45, 7) is 0. The first-order valence-electron chi connectivity index (χ1n) is 7.07. The normalized spacial score (nSPS) is 11.7. The maximum atomic E-state index is 13.1. The molecule has 0 aliphatic rings. The molecule has 0 radical (unpaired) electrons. The van der Waals surface area contributed by atoms with Gasteiger partial charge in [-0.25, -0.2) is 4.39 Å². The Morgan fingerprint density at radius 2 is 1.87 bits per heavy atom. The molecule has 0 bridgehead atoms. The van der Waals surface area contributed by atoms with Crippen LogP contribution in [0.3, 0.4) is 0 Å². The first-order chi connectivity index (χ1) is 11.2. The largest absolute Gasteiger partial charge is 0.384 e. The summed E-state index contributed by atoms with van der Waals surface area (Å²) in [6.07, 6.45) is 2.29. The van der Waals surface area contributed by atoms with E-state index in [-0.39, 0.29) is 5.82 Å². The molecule has 0 aliphatic heterocycles. The van der Waals surface area contributed by atoms with E-state index >= 15 is 0 Å². The molecule has 1 unspecified atom stereocenters. The maximum Gasteiger partial charge on any atom is 0.123 e. The lowest BCUT2D eigenvalue weighted by Gasteiger charge is -2.16. The van der Waals surface area contributed by atoms with Gasteiger partial charge in [-0.2, -0.15) is 5.26 Å². The summed E-state index contributed by atoms with van der Waals surface area (Å²) in [5.74, 6) is -0.353. The van der Waals surface area contributed by atoms with Crippen LogP contribution in [0, 0.1) is 17.1 Å². The Balaban J connectivity index is 2.07. The van der Waals surface area contributed by atoms with Gasteiger partial charge < -0.3 is 5.11 Å². The molecule has 0 spiro atoms. The highest BCUT2D eigenvalue weighted by Crippen LogP contribution is 2.31. The Hall–Kier alpha value is -3.03. The molecule has 3 nitrogen and oxygen atoms in total. The first-order valence-corrected chi connectivity index (χ1v) is 7.07. The van der Waals surface area contributed by atoms with Gasteiger partial charge in [-0.05, 0) is 47.0 Å². The van der Waals surface area contributed by atoms with E-state index in [2.05, 4.69) is 11.1 Å². The van der Waals surface area contributed by atoms with Gasteiger partial charge in [0.1, 0.15) is 11.9 Å². The van der Waals surface area contributed by atoms with Gasteiger partial charge in [0.15, 0.2) is 0 Å². The van der Waals surface area contributed by atoms with E-state index in [0.29, 0.717) is 16.7 Å². The van der Waals surface area contributed by atoms with Crippen LogP contribution < -0.4 is 0 Å². The molecule has 3 rings (SSSR count). The number of pyridine rings is 1. The zero-order valence-corrected chi connectivity index (χ0v) is 12.1.